The first-order valence-electron chi connectivity index (χ1n) is 4.25. The van der Waals surface area contributed by atoms with Gasteiger partial charge in [0.05, 0.1) is 0 Å². The maximum absolute atomic E-state index is 5.20. The molecule has 0 aliphatic heterocycles. The Labute approximate surface area is 121 Å². The van der Waals surface area contributed by atoms with Crippen molar-refractivity contribution in [1.29, 1.82) is 0 Å². The molecule has 7 heteroatoms. The van der Waals surface area contributed by atoms with E-state index < -0.39 is 0 Å². The summed E-state index contributed by atoms with van der Waals surface area (Å²) in [5, 5.41) is 10.5. The molecule has 0 fully saturated rings. The summed E-state index contributed by atoms with van der Waals surface area (Å²) in [7, 11) is 0. The quantitative estimate of drug-likeness (QED) is 0.550. The van der Waals surface area contributed by atoms with E-state index in [1.807, 2.05) is 24.4 Å². The van der Waals surface area contributed by atoms with Crippen molar-refractivity contribution in [2.75, 3.05) is 0 Å². The maximum atomic E-state index is 5.20. The Balaban J connectivity index is 0.000000963. The summed E-state index contributed by atoms with van der Waals surface area (Å²) in [5.74, 6) is 0.404. The molecule has 0 spiro atoms. The predicted octanol–water partition coefficient (Wildman–Crippen LogP) is 1.84. The second-order valence-electron chi connectivity index (χ2n) is 2.94. The molecule has 0 aliphatic rings. The van der Waals surface area contributed by atoms with Gasteiger partial charge in [-0.15, -0.1) is 0 Å². The van der Waals surface area contributed by atoms with Crippen LogP contribution in [0.2, 0.25) is 0 Å². The van der Waals surface area contributed by atoms with Crippen LogP contribution in [0.15, 0.2) is 28.8 Å². The van der Waals surface area contributed by atoms with Crippen LogP contribution in [-0.2, 0) is 32.7 Å². The first-order valence-corrected chi connectivity index (χ1v) is 4.66. The second-order valence-corrected chi connectivity index (χ2v) is 3.31. The van der Waals surface area contributed by atoms with Gasteiger partial charge in [0.1, 0.15) is 5.89 Å². The molecular weight excluding hydrogens is 301 g/mol. The Morgan fingerprint density at radius 3 is 3.06 bits per heavy atom. The van der Waals surface area contributed by atoms with E-state index in [0.717, 1.165) is 5.52 Å². The van der Waals surface area contributed by atoms with Crippen LogP contribution in [0, 0.1) is 11.0 Å². The van der Waals surface area contributed by atoms with Gasteiger partial charge in [0.2, 0.25) is 0 Å². The van der Waals surface area contributed by atoms with Crippen molar-refractivity contribution in [3.63, 3.8) is 0 Å². The molecule has 0 amide bonds. The average Bonchev–Trinajstić information content (AvgIpc) is 2.83. The van der Waals surface area contributed by atoms with E-state index in [0.29, 0.717) is 11.5 Å². The molecule has 0 aliphatic carbocycles. The fourth-order valence-electron chi connectivity index (χ4n) is 1.37. The zero-order chi connectivity index (χ0) is 10.3. The molecule has 0 saturated heterocycles. The van der Waals surface area contributed by atoms with Crippen LogP contribution in [-0.4, -0.2) is 19.8 Å². The molecule has 1 radical (unpaired) electrons. The molecule has 3 aromatic rings. The monoisotopic (exact) mass is 306 g/mol. The Kier molecular flexibility index (Phi) is 3.32. The molecular formula is C9H5N4OSY-. The summed E-state index contributed by atoms with van der Waals surface area (Å²) in [6.45, 7) is 0. The van der Waals surface area contributed by atoms with Crippen LogP contribution in [0.5, 0.6) is 0 Å². The molecule has 0 unspecified atom stereocenters. The smallest absolute Gasteiger partial charge is 0.271 e. The average molecular weight is 306 g/mol. The molecule has 0 atom stereocenters. The van der Waals surface area contributed by atoms with E-state index >= 15 is 0 Å². The summed E-state index contributed by atoms with van der Waals surface area (Å²) in [5.41, 5.74) is 1.57. The minimum Gasteiger partial charge on any atom is -0.474 e. The maximum Gasteiger partial charge on any atom is 0.271 e. The number of aromatic nitrogens is 4. The molecule has 1 N–H and O–H groups in total. The van der Waals surface area contributed by atoms with Crippen LogP contribution in [0.3, 0.4) is 0 Å². The van der Waals surface area contributed by atoms with Crippen molar-refractivity contribution in [2.45, 2.75) is 0 Å². The van der Waals surface area contributed by atoms with Crippen LogP contribution in [0.25, 0.3) is 17.0 Å². The van der Waals surface area contributed by atoms with Crippen molar-refractivity contribution in [3.05, 3.63) is 35.4 Å². The Hall–Kier alpha value is -0.846. The summed E-state index contributed by atoms with van der Waals surface area (Å²) >= 11 is 4.80. The number of H-pyrrole nitrogens is 1. The minimum absolute atomic E-state index is 0. The Morgan fingerprint density at radius 1 is 1.44 bits per heavy atom. The van der Waals surface area contributed by atoms with E-state index in [9.17, 15) is 0 Å². The van der Waals surface area contributed by atoms with E-state index in [4.69, 9.17) is 16.6 Å². The molecule has 3 heterocycles. The number of nitrogens with zero attached hydrogens (tertiary/aromatic N) is 3. The molecule has 3 aromatic heterocycles. The van der Waals surface area contributed by atoms with E-state index in [1.165, 1.54) is 0 Å². The second kappa shape index (κ2) is 4.57. The van der Waals surface area contributed by atoms with Crippen molar-refractivity contribution < 1.29 is 37.1 Å². The third-order valence-corrected chi connectivity index (χ3v) is 2.19. The summed E-state index contributed by atoms with van der Waals surface area (Å²) in [4.78, 5) is 0.244. The van der Waals surface area contributed by atoms with Crippen molar-refractivity contribution >= 4 is 17.7 Å². The predicted molar refractivity (Wildman–Crippen MR) is 54.7 cm³/mol. The number of pyridine rings is 1. The first kappa shape index (κ1) is 11.6. The van der Waals surface area contributed by atoms with Gasteiger partial charge in [-0.25, -0.2) is 10.2 Å². The minimum atomic E-state index is 0. The fourth-order valence-corrected chi connectivity index (χ4v) is 1.50. The number of fused-ring (bicyclic) bond motifs is 1. The Morgan fingerprint density at radius 2 is 2.31 bits per heavy atom. The largest absolute Gasteiger partial charge is 0.474 e. The van der Waals surface area contributed by atoms with Gasteiger partial charge in [-0.05, 0) is 30.0 Å². The first-order chi connectivity index (χ1) is 7.34. The van der Waals surface area contributed by atoms with Gasteiger partial charge in [-0.3, -0.25) is 5.10 Å². The zero-order valence-electron chi connectivity index (χ0n) is 8.04. The van der Waals surface area contributed by atoms with Gasteiger partial charge in [-0.2, -0.15) is 0 Å². The number of rotatable bonds is 1. The number of nitrogens with one attached hydrogen (secondary N) is 1. The SMILES string of the molecule is S=c1[nH]nc(-c2[c-]nn3ccccc23)o1.[Y]. The summed E-state index contributed by atoms with van der Waals surface area (Å²) in [6, 6.07) is 5.71. The molecule has 0 bridgehead atoms. The zero-order valence-corrected chi connectivity index (χ0v) is 11.7. The summed E-state index contributed by atoms with van der Waals surface area (Å²) < 4.78 is 6.90. The molecule has 77 valence electrons. The number of aromatic amines is 1. The molecule has 3 rings (SSSR count). The fraction of sp³-hybridized carbons (Fsp3) is 0. The van der Waals surface area contributed by atoms with E-state index in [1.54, 1.807) is 4.52 Å². The van der Waals surface area contributed by atoms with Gasteiger partial charge in [0, 0.05) is 38.9 Å². The third kappa shape index (κ3) is 1.88. The standard InChI is InChI=1S/C9H5N4OS.Y/c15-9-12-11-8(14-9)6-5-10-13-4-2-1-3-7(6)13;/h1-4H,(H,12,15);/q-1;. The van der Waals surface area contributed by atoms with Gasteiger partial charge in [-0.1, -0.05) is 17.7 Å². The van der Waals surface area contributed by atoms with Crippen LogP contribution >= 0.6 is 12.2 Å². The number of hydrogen-bond acceptors (Lipinski definition) is 4. The van der Waals surface area contributed by atoms with Crippen molar-refractivity contribution in [3.8, 4) is 11.5 Å². The van der Waals surface area contributed by atoms with Crippen molar-refractivity contribution in [1.82, 2.24) is 19.8 Å². The van der Waals surface area contributed by atoms with Gasteiger partial charge in [0.15, 0.2) is 0 Å². The van der Waals surface area contributed by atoms with Gasteiger partial charge >= 0.3 is 0 Å². The van der Waals surface area contributed by atoms with Gasteiger partial charge in [0.25, 0.3) is 4.84 Å². The molecule has 5 nitrogen and oxygen atoms in total. The normalized spacial score (nSPS) is 10.2. The van der Waals surface area contributed by atoms with Crippen LogP contribution < -0.4 is 0 Å². The van der Waals surface area contributed by atoms with Crippen LogP contribution in [0.1, 0.15) is 0 Å². The van der Waals surface area contributed by atoms with E-state index in [2.05, 4.69) is 21.5 Å². The third-order valence-electron chi connectivity index (χ3n) is 2.02. The Bertz CT molecular complexity index is 671. The molecule has 0 aromatic carbocycles. The van der Waals surface area contributed by atoms with Gasteiger partial charge < -0.3 is 8.93 Å². The number of hydrogen-bond donors (Lipinski definition) is 1. The molecule has 16 heavy (non-hydrogen) atoms. The molecule has 0 saturated carbocycles. The topological polar surface area (TPSA) is 59.1 Å². The van der Waals surface area contributed by atoms with Crippen LogP contribution in [0.4, 0.5) is 0 Å². The van der Waals surface area contributed by atoms with Crippen molar-refractivity contribution in [2.24, 2.45) is 0 Å². The van der Waals surface area contributed by atoms with E-state index in [-0.39, 0.29) is 37.5 Å². The summed E-state index contributed by atoms with van der Waals surface area (Å²) in [6.07, 6.45) is 4.66.